The molecule has 1 heterocycles. The highest BCUT2D eigenvalue weighted by Gasteiger charge is 2.17. The predicted octanol–water partition coefficient (Wildman–Crippen LogP) is 3.33. The van der Waals surface area contributed by atoms with Crippen molar-refractivity contribution in [2.45, 2.75) is 17.9 Å². The van der Waals surface area contributed by atoms with Crippen LogP contribution in [-0.4, -0.2) is 22.8 Å². The Morgan fingerprint density at radius 3 is 3.00 bits per heavy atom. The molecule has 0 saturated carbocycles. The summed E-state index contributed by atoms with van der Waals surface area (Å²) in [7, 11) is 0. The molecule has 0 radical (unpaired) electrons. The number of esters is 1. The maximum atomic E-state index is 13.5. The van der Waals surface area contributed by atoms with Gasteiger partial charge in [0.15, 0.2) is 0 Å². The van der Waals surface area contributed by atoms with Gasteiger partial charge in [0.05, 0.1) is 6.61 Å². The Morgan fingerprint density at radius 1 is 1.50 bits per heavy atom. The Hall–Kier alpha value is -1.60. The first kappa shape index (κ1) is 14.8. The number of halogens is 2. The van der Waals surface area contributed by atoms with Crippen molar-refractivity contribution in [1.29, 1.82) is 0 Å². The molecule has 5 nitrogen and oxygen atoms in total. The van der Waals surface area contributed by atoms with Crippen LogP contribution in [-0.2, 0) is 10.5 Å². The smallest absolute Gasteiger partial charge is 0.396 e. The highest BCUT2D eigenvalue weighted by Crippen LogP contribution is 2.27. The number of hydrogen-bond acceptors (Lipinski definition) is 6. The molecule has 0 aliphatic heterocycles. The molecule has 0 aliphatic rings. The zero-order valence-corrected chi connectivity index (χ0v) is 12.0. The molecule has 106 valence electrons. The minimum absolute atomic E-state index is 0.146. The lowest BCUT2D eigenvalue weighted by atomic mass is 10.2. The molecule has 0 atom stereocenters. The van der Waals surface area contributed by atoms with Crippen LogP contribution in [0.15, 0.2) is 27.8 Å². The van der Waals surface area contributed by atoms with Crippen molar-refractivity contribution < 1.29 is 18.3 Å². The van der Waals surface area contributed by atoms with Crippen LogP contribution >= 0.6 is 23.4 Å². The van der Waals surface area contributed by atoms with Crippen molar-refractivity contribution in [2.75, 3.05) is 6.61 Å². The van der Waals surface area contributed by atoms with E-state index < -0.39 is 11.8 Å². The van der Waals surface area contributed by atoms with E-state index in [-0.39, 0.29) is 23.5 Å². The van der Waals surface area contributed by atoms with Crippen LogP contribution < -0.4 is 0 Å². The summed E-state index contributed by atoms with van der Waals surface area (Å²) in [6.45, 7) is 1.89. The van der Waals surface area contributed by atoms with Gasteiger partial charge in [0.2, 0.25) is 0 Å². The van der Waals surface area contributed by atoms with Gasteiger partial charge >= 0.3 is 11.9 Å². The summed E-state index contributed by atoms with van der Waals surface area (Å²) in [5.74, 6) is -1.10. The van der Waals surface area contributed by atoms with E-state index >= 15 is 0 Å². The van der Waals surface area contributed by atoms with E-state index in [9.17, 15) is 9.18 Å². The van der Waals surface area contributed by atoms with Crippen LogP contribution in [0.5, 0.6) is 0 Å². The summed E-state index contributed by atoms with van der Waals surface area (Å²) < 4.78 is 23.4. The SMILES string of the molecule is CCOC(=O)c1nnc(SCc2c(F)cccc2Cl)o1. The quantitative estimate of drug-likeness (QED) is 0.622. The average Bonchev–Trinajstić information content (AvgIpc) is 2.87. The molecule has 0 N–H and O–H groups in total. The first-order chi connectivity index (χ1) is 9.61. The molecule has 0 bridgehead atoms. The van der Waals surface area contributed by atoms with E-state index in [1.54, 1.807) is 13.0 Å². The van der Waals surface area contributed by atoms with E-state index in [2.05, 4.69) is 10.2 Å². The van der Waals surface area contributed by atoms with Gasteiger partial charge in [-0.3, -0.25) is 0 Å². The lowest BCUT2D eigenvalue weighted by Crippen LogP contribution is -2.04. The molecule has 0 fully saturated rings. The Kier molecular flexibility index (Phi) is 4.97. The Morgan fingerprint density at radius 2 is 2.30 bits per heavy atom. The van der Waals surface area contributed by atoms with Crippen molar-refractivity contribution in [2.24, 2.45) is 0 Å². The highest BCUT2D eigenvalue weighted by molar-refractivity contribution is 7.98. The van der Waals surface area contributed by atoms with Crippen LogP contribution in [0.25, 0.3) is 0 Å². The second-order valence-corrected chi connectivity index (χ2v) is 4.92. The van der Waals surface area contributed by atoms with Crippen molar-refractivity contribution in [3.63, 3.8) is 0 Å². The van der Waals surface area contributed by atoms with E-state index in [4.69, 9.17) is 20.8 Å². The number of nitrogens with zero attached hydrogens (tertiary/aromatic N) is 2. The summed E-state index contributed by atoms with van der Waals surface area (Å²) in [5, 5.41) is 7.69. The third-order valence-corrected chi connectivity index (χ3v) is 3.46. The van der Waals surface area contributed by atoms with E-state index in [0.717, 1.165) is 11.8 Å². The van der Waals surface area contributed by atoms with Gasteiger partial charge in [0, 0.05) is 16.3 Å². The van der Waals surface area contributed by atoms with Gasteiger partial charge in [0.1, 0.15) is 5.82 Å². The first-order valence-corrected chi connectivity index (χ1v) is 7.04. The summed E-state index contributed by atoms with van der Waals surface area (Å²) in [6, 6.07) is 4.44. The van der Waals surface area contributed by atoms with Crippen molar-refractivity contribution in [1.82, 2.24) is 10.2 Å². The molecule has 0 spiro atoms. The van der Waals surface area contributed by atoms with Crippen molar-refractivity contribution >= 4 is 29.3 Å². The van der Waals surface area contributed by atoms with Gasteiger partial charge in [-0.15, -0.1) is 5.10 Å². The van der Waals surface area contributed by atoms with Gasteiger partial charge in [-0.25, -0.2) is 9.18 Å². The number of ether oxygens (including phenoxy) is 1. The van der Waals surface area contributed by atoms with Crippen LogP contribution in [0.1, 0.15) is 23.2 Å². The fourth-order valence-corrected chi connectivity index (χ4v) is 2.45. The molecule has 8 heteroatoms. The first-order valence-electron chi connectivity index (χ1n) is 5.68. The number of carbonyl (C=O) groups is 1. The molecule has 0 unspecified atom stereocenters. The number of rotatable bonds is 5. The summed E-state index contributed by atoms with van der Waals surface area (Å²) in [5.41, 5.74) is 0.343. The molecular formula is C12H10ClFN2O3S. The fourth-order valence-electron chi connectivity index (χ4n) is 1.35. The number of thioether (sulfide) groups is 1. The van der Waals surface area contributed by atoms with Crippen molar-refractivity contribution in [3.8, 4) is 0 Å². The third kappa shape index (κ3) is 3.49. The third-order valence-electron chi connectivity index (χ3n) is 2.26. The minimum atomic E-state index is -0.684. The van der Waals surface area contributed by atoms with Crippen LogP contribution in [0.3, 0.4) is 0 Å². The lowest BCUT2D eigenvalue weighted by molar-refractivity contribution is 0.0475. The molecule has 1 aromatic heterocycles. The standard InChI is InChI=1S/C12H10ClFN2O3S/c1-2-18-11(17)10-15-16-12(19-10)20-6-7-8(13)4-3-5-9(7)14/h3-5H,2,6H2,1H3. The lowest BCUT2D eigenvalue weighted by Gasteiger charge is -2.02. The number of aromatic nitrogens is 2. The second kappa shape index (κ2) is 6.71. The maximum Gasteiger partial charge on any atom is 0.396 e. The average molecular weight is 317 g/mol. The topological polar surface area (TPSA) is 65.2 Å². The van der Waals surface area contributed by atoms with Crippen molar-refractivity contribution in [3.05, 3.63) is 40.5 Å². The summed E-state index contributed by atoms with van der Waals surface area (Å²) >= 11 is 6.98. The largest absolute Gasteiger partial charge is 0.459 e. The van der Waals surface area contributed by atoms with E-state index in [1.165, 1.54) is 12.1 Å². The maximum absolute atomic E-state index is 13.5. The number of benzene rings is 1. The fraction of sp³-hybridized carbons (Fsp3) is 0.250. The molecule has 0 amide bonds. The Labute approximate surface area is 123 Å². The second-order valence-electron chi connectivity index (χ2n) is 3.58. The minimum Gasteiger partial charge on any atom is -0.459 e. The zero-order valence-electron chi connectivity index (χ0n) is 10.4. The molecule has 1 aromatic carbocycles. The van der Waals surface area contributed by atoms with Gasteiger partial charge in [-0.05, 0) is 19.1 Å². The van der Waals surface area contributed by atoms with Gasteiger partial charge in [-0.2, -0.15) is 0 Å². The molecule has 0 aliphatic carbocycles. The Bertz CT molecular complexity index is 600. The van der Waals surface area contributed by atoms with Crippen LogP contribution in [0.4, 0.5) is 4.39 Å². The van der Waals surface area contributed by atoms with Crippen LogP contribution in [0, 0.1) is 5.82 Å². The van der Waals surface area contributed by atoms with Crippen LogP contribution in [0.2, 0.25) is 5.02 Å². The van der Waals surface area contributed by atoms with Gasteiger partial charge in [0.25, 0.3) is 5.22 Å². The molecule has 2 rings (SSSR count). The molecular weight excluding hydrogens is 307 g/mol. The summed E-state index contributed by atoms with van der Waals surface area (Å²) in [6.07, 6.45) is 0. The normalized spacial score (nSPS) is 10.6. The van der Waals surface area contributed by atoms with Gasteiger partial charge < -0.3 is 9.15 Å². The Balaban J connectivity index is 2.03. The predicted molar refractivity (Wildman–Crippen MR) is 71.2 cm³/mol. The molecule has 20 heavy (non-hydrogen) atoms. The number of carbonyl (C=O) groups excluding carboxylic acids is 1. The molecule has 2 aromatic rings. The number of hydrogen-bond donors (Lipinski definition) is 0. The monoisotopic (exact) mass is 316 g/mol. The van der Waals surface area contributed by atoms with Gasteiger partial charge in [-0.1, -0.05) is 34.5 Å². The molecule has 0 saturated heterocycles. The van der Waals surface area contributed by atoms with E-state index in [1.807, 2.05) is 0 Å². The highest BCUT2D eigenvalue weighted by atomic mass is 35.5. The zero-order chi connectivity index (χ0) is 14.5. The summed E-state index contributed by atoms with van der Waals surface area (Å²) in [4.78, 5) is 11.3. The van der Waals surface area contributed by atoms with E-state index in [0.29, 0.717) is 10.6 Å².